The number of para-hydroxylation sites is 1. The van der Waals surface area contributed by atoms with E-state index in [2.05, 4.69) is 10.4 Å². The molecule has 0 aliphatic carbocycles. The highest BCUT2D eigenvalue weighted by Gasteiger charge is 2.17. The van der Waals surface area contributed by atoms with Gasteiger partial charge in [0.1, 0.15) is 0 Å². The number of aryl methyl sites for hydroxylation is 2. The normalized spacial score (nSPS) is 12.1. The molecular weight excluding hydrogens is 348 g/mol. The molecular formula is C23H22N4O. The molecule has 0 saturated carbocycles. The second-order valence-corrected chi connectivity index (χ2v) is 7.03. The van der Waals surface area contributed by atoms with Gasteiger partial charge in [-0.1, -0.05) is 36.4 Å². The third kappa shape index (κ3) is 3.39. The lowest BCUT2D eigenvalue weighted by Crippen LogP contribution is -2.27. The Kier molecular flexibility index (Phi) is 4.65. The van der Waals surface area contributed by atoms with Gasteiger partial charge in [0, 0.05) is 29.8 Å². The van der Waals surface area contributed by atoms with E-state index in [-0.39, 0.29) is 11.9 Å². The summed E-state index contributed by atoms with van der Waals surface area (Å²) >= 11 is 0. The van der Waals surface area contributed by atoms with Crippen molar-refractivity contribution in [2.24, 2.45) is 7.05 Å². The Morgan fingerprint density at radius 2 is 1.86 bits per heavy atom. The Morgan fingerprint density at radius 3 is 2.61 bits per heavy atom. The van der Waals surface area contributed by atoms with Crippen LogP contribution in [0.4, 0.5) is 0 Å². The molecule has 140 valence electrons. The molecule has 0 aliphatic rings. The molecule has 0 radical (unpaired) electrons. The average molecular weight is 370 g/mol. The van der Waals surface area contributed by atoms with Gasteiger partial charge in [0.15, 0.2) is 0 Å². The Balaban J connectivity index is 1.74. The van der Waals surface area contributed by atoms with Crippen LogP contribution < -0.4 is 5.32 Å². The van der Waals surface area contributed by atoms with Crippen LogP contribution in [-0.4, -0.2) is 20.7 Å². The van der Waals surface area contributed by atoms with Crippen molar-refractivity contribution in [2.45, 2.75) is 19.9 Å². The average Bonchev–Trinajstić information content (AvgIpc) is 3.13. The minimum Gasteiger partial charge on any atom is -0.345 e. The van der Waals surface area contributed by atoms with Gasteiger partial charge in [-0.05, 0) is 43.2 Å². The summed E-state index contributed by atoms with van der Waals surface area (Å²) < 4.78 is 1.76. The summed E-state index contributed by atoms with van der Waals surface area (Å²) in [6.07, 6.45) is 3.74. The van der Waals surface area contributed by atoms with Crippen LogP contribution in [0.5, 0.6) is 0 Å². The molecule has 4 aromatic rings. The van der Waals surface area contributed by atoms with E-state index in [4.69, 9.17) is 4.98 Å². The third-order valence-corrected chi connectivity index (χ3v) is 4.95. The highest BCUT2D eigenvalue weighted by atomic mass is 16.1. The quantitative estimate of drug-likeness (QED) is 0.578. The number of nitrogens with zero attached hydrogens (tertiary/aromatic N) is 3. The molecule has 28 heavy (non-hydrogen) atoms. The maximum Gasteiger partial charge on any atom is 0.252 e. The van der Waals surface area contributed by atoms with E-state index >= 15 is 0 Å². The van der Waals surface area contributed by atoms with Crippen molar-refractivity contribution in [3.8, 4) is 11.3 Å². The van der Waals surface area contributed by atoms with Crippen molar-refractivity contribution in [1.29, 1.82) is 0 Å². The van der Waals surface area contributed by atoms with Crippen LogP contribution >= 0.6 is 0 Å². The van der Waals surface area contributed by atoms with Crippen molar-refractivity contribution in [2.75, 3.05) is 0 Å². The number of aromatic nitrogens is 3. The predicted octanol–water partition coefficient (Wildman–Crippen LogP) is 4.43. The number of amides is 1. The number of hydrogen-bond acceptors (Lipinski definition) is 3. The van der Waals surface area contributed by atoms with Gasteiger partial charge in [-0.2, -0.15) is 5.10 Å². The van der Waals surface area contributed by atoms with Gasteiger partial charge >= 0.3 is 0 Å². The molecule has 2 aromatic heterocycles. The van der Waals surface area contributed by atoms with E-state index in [9.17, 15) is 4.79 Å². The standard InChI is InChI=1S/C23H22N4O/c1-15-8-4-5-9-18(15)23(28)25-16(2)20-12-22(17-13-24-27(3)14-17)26-21-11-7-6-10-19(20)21/h4-14,16H,1-3H3,(H,25,28)/t16-/m1/s1. The first-order valence-electron chi connectivity index (χ1n) is 9.28. The Hall–Kier alpha value is -3.47. The summed E-state index contributed by atoms with van der Waals surface area (Å²) in [5, 5.41) is 8.43. The predicted molar refractivity (Wildman–Crippen MR) is 111 cm³/mol. The molecule has 2 aromatic carbocycles. The number of hydrogen-bond donors (Lipinski definition) is 1. The molecule has 0 bridgehead atoms. The van der Waals surface area contributed by atoms with Crippen molar-refractivity contribution in [3.63, 3.8) is 0 Å². The zero-order valence-electron chi connectivity index (χ0n) is 16.2. The molecule has 5 nitrogen and oxygen atoms in total. The molecule has 0 saturated heterocycles. The van der Waals surface area contributed by atoms with E-state index in [1.807, 2.05) is 81.7 Å². The Labute approximate surface area is 164 Å². The first kappa shape index (κ1) is 17.9. The molecule has 1 atom stereocenters. The van der Waals surface area contributed by atoms with Crippen LogP contribution in [0.25, 0.3) is 22.2 Å². The van der Waals surface area contributed by atoms with Gasteiger partial charge in [-0.25, -0.2) is 4.98 Å². The van der Waals surface area contributed by atoms with Crippen LogP contribution in [0.1, 0.15) is 34.5 Å². The van der Waals surface area contributed by atoms with Crippen LogP contribution in [0.2, 0.25) is 0 Å². The number of carbonyl (C=O) groups is 1. The van der Waals surface area contributed by atoms with Crippen LogP contribution in [0, 0.1) is 6.92 Å². The lowest BCUT2D eigenvalue weighted by molar-refractivity contribution is 0.0939. The molecule has 5 heteroatoms. The molecule has 0 aliphatic heterocycles. The van der Waals surface area contributed by atoms with Crippen LogP contribution in [0.3, 0.4) is 0 Å². The maximum atomic E-state index is 12.8. The van der Waals surface area contributed by atoms with Crippen molar-refractivity contribution in [1.82, 2.24) is 20.1 Å². The van der Waals surface area contributed by atoms with Crippen molar-refractivity contribution in [3.05, 3.63) is 83.7 Å². The number of carbonyl (C=O) groups excluding carboxylic acids is 1. The zero-order valence-corrected chi connectivity index (χ0v) is 16.2. The van der Waals surface area contributed by atoms with Crippen LogP contribution in [0.15, 0.2) is 67.0 Å². The lowest BCUT2D eigenvalue weighted by Gasteiger charge is -2.18. The Bertz CT molecular complexity index is 1160. The highest BCUT2D eigenvalue weighted by molar-refractivity contribution is 5.96. The fourth-order valence-corrected chi connectivity index (χ4v) is 3.44. The van der Waals surface area contributed by atoms with Gasteiger partial charge in [0.05, 0.1) is 23.4 Å². The minimum absolute atomic E-state index is 0.0746. The molecule has 0 fully saturated rings. The summed E-state index contributed by atoms with van der Waals surface area (Å²) in [6, 6.07) is 17.5. The lowest BCUT2D eigenvalue weighted by atomic mass is 9.99. The van der Waals surface area contributed by atoms with Gasteiger partial charge in [0.2, 0.25) is 0 Å². The highest BCUT2D eigenvalue weighted by Crippen LogP contribution is 2.28. The van der Waals surface area contributed by atoms with Gasteiger partial charge in [0.25, 0.3) is 5.91 Å². The van der Waals surface area contributed by atoms with E-state index < -0.39 is 0 Å². The van der Waals surface area contributed by atoms with Crippen molar-refractivity contribution >= 4 is 16.8 Å². The zero-order chi connectivity index (χ0) is 19.7. The molecule has 1 N–H and O–H groups in total. The molecule has 1 amide bonds. The third-order valence-electron chi connectivity index (χ3n) is 4.95. The summed E-state index contributed by atoms with van der Waals surface area (Å²) in [6.45, 7) is 3.95. The van der Waals surface area contributed by atoms with E-state index in [1.165, 1.54) is 0 Å². The largest absolute Gasteiger partial charge is 0.345 e. The van der Waals surface area contributed by atoms with Crippen LogP contribution in [-0.2, 0) is 7.05 Å². The first-order chi connectivity index (χ1) is 13.5. The first-order valence-corrected chi connectivity index (χ1v) is 9.28. The van der Waals surface area contributed by atoms with Gasteiger partial charge < -0.3 is 5.32 Å². The van der Waals surface area contributed by atoms with Crippen molar-refractivity contribution < 1.29 is 4.79 Å². The van der Waals surface area contributed by atoms with E-state index in [1.54, 1.807) is 10.9 Å². The molecule has 4 rings (SSSR count). The summed E-state index contributed by atoms with van der Waals surface area (Å²) in [5.41, 5.74) is 5.39. The second-order valence-electron chi connectivity index (χ2n) is 7.03. The summed E-state index contributed by atoms with van der Waals surface area (Å²) in [7, 11) is 1.89. The maximum absolute atomic E-state index is 12.8. The topological polar surface area (TPSA) is 59.8 Å². The Morgan fingerprint density at radius 1 is 1.11 bits per heavy atom. The van der Waals surface area contributed by atoms with E-state index in [0.717, 1.165) is 33.3 Å². The van der Waals surface area contributed by atoms with E-state index in [0.29, 0.717) is 5.56 Å². The monoisotopic (exact) mass is 370 g/mol. The molecule has 0 unspecified atom stereocenters. The summed E-state index contributed by atoms with van der Waals surface area (Å²) in [4.78, 5) is 17.6. The van der Waals surface area contributed by atoms with Gasteiger partial charge in [-0.3, -0.25) is 9.48 Å². The fraction of sp³-hybridized carbons (Fsp3) is 0.174. The SMILES string of the molecule is Cc1ccccc1C(=O)N[C@H](C)c1cc(-c2cnn(C)c2)nc2ccccc12. The second kappa shape index (κ2) is 7.27. The minimum atomic E-state index is -0.171. The number of nitrogens with one attached hydrogen (secondary N) is 1. The molecule has 2 heterocycles. The van der Waals surface area contributed by atoms with Gasteiger partial charge in [-0.15, -0.1) is 0 Å². The summed E-state index contributed by atoms with van der Waals surface area (Å²) in [5.74, 6) is -0.0746. The number of rotatable bonds is 4. The number of fused-ring (bicyclic) bond motifs is 1. The number of pyridine rings is 1. The number of benzene rings is 2. The molecule has 0 spiro atoms. The smallest absolute Gasteiger partial charge is 0.252 e. The fourth-order valence-electron chi connectivity index (χ4n) is 3.44.